The molecule has 0 saturated heterocycles. The van der Waals surface area contributed by atoms with Gasteiger partial charge in [-0.15, -0.1) is 22.7 Å². The number of nitrogens with zero attached hydrogens (tertiary/aromatic N) is 1. The predicted molar refractivity (Wildman–Crippen MR) is 69.4 cm³/mol. The number of halogens is 1. The molecule has 0 aliphatic carbocycles. The molecule has 2 aromatic rings. The number of thiophene rings is 1. The van der Waals surface area contributed by atoms with Crippen molar-refractivity contribution in [2.24, 2.45) is 0 Å². The monoisotopic (exact) mass is 302 g/mol. The number of hydrogen-bond acceptors (Lipinski definition) is 4. The molecule has 0 aromatic carbocycles. The van der Waals surface area contributed by atoms with Crippen LogP contribution in [0.1, 0.15) is 14.8 Å². The Morgan fingerprint density at radius 3 is 2.80 bits per heavy atom. The van der Waals surface area contributed by atoms with Crippen LogP contribution in [0, 0.1) is 6.92 Å². The van der Waals surface area contributed by atoms with E-state index in [1.807, 2.05) is 13.1 Å². The Morgan fingerprint density at radius 2 is 2.20 bits per heavy atom. The fourth-order valence-corrected chi connectivity index (χ4v) is 3.43. The molecule has 0 spiro atoms. The summed E-state index contributed by atoms with van der Waals surface area (Å²) in [6.45, 7) is 3.86. The first kappa shape index (κ1) is 11.3. The van der Waals surface area contributed by atoms with E-state index in [1.165, 1.54) is 9.75 Å². The Kier molecular flexibility index (Phi) is 3.91. The van der Waals surface area contributed by atoms with Crippen LogP contribution in [0.15, 0.2) is 22.1 Å². The normalized spacial score (nSPS) is 10.8. The molecule has 2 rings (SSSR count). The molecule has 80 valence electrons. The highest BCUT2D eigenvalue weighted by Crippen LogP contribution is 2.19. The summed E-state index contributed by atoms with van der Waals surface area (Å²) >= 11 is 6.96. The zero-order valence-corrected chi connectivity index (χ0v) is 11.5. The second-order valence-electron chi connectivity index (χ2n) is 3.18. The fraction of sp³-hybridized carbons (Fsp3) is 0.300. The maximum absolute atomic E-state index is 4.22. The number of nitrogens with one attached hydrogen (secondary N) is 1. The van der Waals surface area contributed by atoms with Crippen LogP contribution < -0.4 is 5.32 Å². The van der Waals surface area contributed by atoms with Gasteiger partial charge in [0.2, 0.25) is 0 Å². The molecular weight excluding hydrogens is 292 g/mol. The maximum atomic E-state index is 4.22. The highest BCUT2D eigenvalue weighted by Gasteiger charge is 1.99. The van der Waals surface area contributed by atoms with Crippen LogP contribution in [0.5, 0.6) is 0 Å². The van der Waals surface area contributed by atoms with Gasteiger partial charge < -0.3 is 5.32 Å². The first-order valence-corrected chi connectivity index (χ1v) is 7.08. The SMILES string of the molecule is Cc1ncc(CNCc2cc(Br)cs2)s1. The van der Waals surface area contributed by atoms with Gasteiger partial charge in [0, 0.05) is 38.9 Å². The minimum atomic E-state index is 0.904. The van der Waals surface area contributed by atoms with Gasteiger partial charge in [0.1, 0.15) is 0 Å². The molecule has 0 aliphatic heterocycles. The molecule has 2 aromatic heterocycles. The molecule has 0 fully saturated rings. The number of thiazole rings is 1. The minimum Gasteiger partial charge on any atom is -0.307 e. The van der Waals surface area contributed by atoms with E-state index in [4.69, 9.17) is 0 Å². The van der Waals surface area contributed by atoms with Crippen molar-refractivity contribution in [2.45, 2.75) is 20.0 Å². The Hall–Kier alpha value is -0.230. The summed E-state index contributed by atoms with van der Waals surface area (Å²) in [7, 11) is 0. The van der Waals surface area contributed by atoms with Gasteiger partial charge in [-0.1, -0.05) is 0 Å². The summed E-state index contributed by atoms with van der Waals surface area (Å²) in [5, 5.41) is 6.64. The largest absolute Gasteiger partial charge is 0.307 e. The topological polar surface area (TPSA) is 24.9 Å². The van der Waals surface area contributed by atoms with Gasteiger partial charge in [-0.3, -0.25) is 0 Å². The summed E-state index contributed by atoms with van der Waals surface area (Å²) in [6.07, 6.45) is 1.94. The average Bonchev–Trinajstić information content (AvgIpc) is 2.76. The van der Waals surface area contributed by atoms with Crippen LogP contribution in [0.25, 0.3) is 0 Å². The lowest BCUT2D eigenvalue weighted by Crippen LogP contribution is -2.10. The lowest BCUT2D eigenvalue weighted by Gasteiger charge is -1.99. The summed E-state index contributed by atoms with van der Waals surface area (Å²) in [5.74, 6) is 0. The predicted octanol–water partition coefficient (Wildman–Crippen LogP) is 3.57. The first-order valence-electron chi connectivity index (χ1n) is 4.59. The molecule has 0 radical (unpaired) electrons. The molecule has 2 nitrogen and oxygen atoms in total. The zero-order chi connectivity index (χ0) is 10.7. The van der Waals surface area contributed by atoms with E-state index in [9.17, 15) is 0 Å². The van der Waals surface area contributed by atoms with Crippen molar-refractivity contribution in [3.8, 4) is 0 Å². The molecule has 0 amide bonds. The summed E-state index contributed by atoms with van der Waals surface area (Å²) in [6, 6.07) is 2.15. The maximum Gasteiger partial charge on any atom is 0.0897 e. The third kappa shape index (κ3) is 3.38. The van der Waals surface area contributed by atoms with Crippen molar-refractivity contribution < 1.29 is 0 Å². The molecule has 0 saturated carbocycles. The van der Waals surface area contributed by atoms with Crippen LogP contribution in [0.4, 0.5) is 0 Å². The van der Waals surface area contributed by atoms with E-state index in [2.05, 4.69) is 37.7 Å². The fourth-order valence-electron chi connectivity index (χ4n) is 1.24. The van der Waals surface area contributed by atoms with E-state index in [0.717, 1.165) is 22.6 Å². The van der Waals surface area contributed by atoms with Crippen molar-refractivity contribution in [1.29, 1.82) is 0 Å². The smallest absolute Gasteiger partial charge is 0.0897 e. The molecular formula is C10H11BrN2S2. The third-order valence-electron chi connectivity index (χ3n) is 1.89. The molecule has 0 unspecified atom stereocenters. The van der Waals surface area contributed by atoms with Gasteiger partial charge in [0.15, 0.2) is 0 Å². The molecule has 15 heavy (non-hydrogen) atoms. The van der Waals surface area contributed by atoms with Crippen molar-refractivity contribution in [1.82, 2.24) is 10.3 Å². The number of aromatic nitrogens is 1. The van der Waals surface area contributed by atoms with Gasteiger partial charge in [-0.05, 0) is 28.9 Å². The van der Waals surface area contributed by atoms with Crippen LogP contribution in [0.2, 0.25) is 0 Å². The van der Waals surface area contributed by atoms with Crippen LogP contribution in [0.3, 0.4) is 0 Å². The van der Waals surface area contributed by atoms with E-state index >= 15 is 0 Å². The number of hydrogen-bond donors (Lipinski definition) is 1. The molecule has 2 heterocycles. The zero-order valence-electron chi connectivity index (χ0n) is 8.29. The molecule has 0 atom stereocenters. The van der Waals surface area contributed by atoms with Crippen LogP contribution in [-0.4, -0.2) is 4.98 Å². The minimum absolute atomic E-state index is 0.904. The summed E-state index contributed by atoms with van der Waals surface area (Å²) < 4.78 is 1.16. The second-order valence-corrected chi connectivity index (χ2v) is 6.41. The standard InChI is InChI=1S/C10H11BrN2S2/c1-7-13-5-10(15-7)4-12-3-9-2-8(11)6-14-9/h2,5-6,12H,3-4H2,1H3. The highest BCUT2D eigenvalue weighted by atomic mass is 79.9. The Balaban J connectivity index is 1.80. The lowest BCUT2D eigenvalue weighted by molar-refractivity contribution is 0.708. The average molecular weight is 303 g/mol. The van der Waals surface area contributed by atoms with Gasteiger partial charge in [0.25, 0.3) is 0 Å². The van der Waals surface area contributed by atoms with E-state index in [1.54, 1.807) is 22.7 Å². The Morgan fingerprint density at radius 1 is 1.40 bits per heavy atom. The Labute approximate surface area is 106 Å². The lowest BCUT2D eigenvalue weighted by atomic mass is 10.4. The van der Waals surface area contributed by atoms with Gasteiger partial charge in [-0.25, -0.2) is 4.98 Å². The van der Waals surface area contributed by atoms with E-state index < -0.39 is 0 Å². The van der Waals surface area contributed by atoms with E-state index in [0.29, 0.717) is 0 Å². The van der Waals surface area contributed by atoms with E-state index in [-0.39, 0.29) is 0 Å². The number of rotatable bonds is 4. The van der Waals surface area contributed by atoms with Gasteiger partial charge in [0.05, 0.1) is 5.01 Å². The van der Waals surface area contributed by atoms with Crippen LogP contribution >= 0.6 is 38.6 Å². The summed E-state index contributed by atoms with van der Waals surface area (Å²) in [5.41, 5.74) is 0. The summed E-state index contributed by atoms with van der Waals surface area (Å²) in [4.78, 5) is 6.86. The highest BCUT2D eigenvalue weighted by molar-refractivity contribution is 9.10. The van der Waals surface area contributed by atoms with Crippen molar-refractivity contribution >= 4 is 38.6 Å². The van der Waals surface area contributed by atoms with Crippen molar-refractivity contribution in [3.63, 3.8) is 0 Å². The second kappa shape index (κ2) is 5.21. The third-order valence-corrected chi connectivity index (χ3v) is 4.50. The Bertz CT molecular complexity index is 396. The quantitative estimate of drug-likeness (QED) is 0.934. The van der Waals surface area contributed by atoms with Crippen LogP contribution in [-0.2, 0) is 13.1 Å². The van der Waals surface area contributed by atoms with Crippen molar-refractivity contribution in [3.05, 3.63) is 36.9 Å². The molecule has 0 aliphatic rings. The molecule has 1 N–H and O–H groups in total. The number of aryl methyl sites for hydroxylation is 1. The van der Waals surface area contributed by atoms with Gasteiger partial charge in [-0.2, -0.15) is 0 Å². The molecule has 0 bridgehead atoms. The molecule has 5 heteroatoms. The van der Waals surface area contributed by atoms with Crippen molar-refractivity contribution in [2.75, 3.05) is 0 Å². The van der Waals surface area contributed by atoms with Gasteiger partial charge >= 0.3 is 0 Å². The first-order chi connectivity index (χ1) is 7.24.